The summed E-state index contributed by atoms with van der Waals surface area (Å²) in [6, 6.07) is 0. The molecule has 0 aliphatic carbocycles. The van der Waals surface area contributed by atoms with Gasteiger partial charge in [-0.2, -0.15) is 0 Å². The van der Waals surface area contributed by atoms with Gasteiger partial charge in [0.2, 0.25) is 0 Å². The molecule has 0 bridgehead atoms. The first-order valence-corrected chi connectivity index (χ1v) is 0. The molecule has 0 aromatic heterocycles. The predicted octanol–water partition coefficient (Wildman–Crippen LogP) is -3.12. The zero-order chi connectivity index (χ0) is 0. The van der Waals surface area contributed by atoms with Crippen molar-refractivity contribution < 1.29 is 63.1 Å². The van der Waals surface area contributed by atoms with Crippen LogP contribution in [0.5, 0.6) is 0 Å². The van der Waals surface area contributed by atoms with E-state index < -0.39 is 0 Å². The summed E-state index contributed by atoms with van der Waals surface area (Å²) in [5, 5.41) is 0. The number of hydrogen-bond acceptors (Lipinski definition) is 0. The maximum Gasteiger partial charge on any atom is 4.00 e. The van der Waals surface area contributed by atoms with E-state index in [1.165, 1.54) is 0 Å². The zero-order valence-corrected chi connectivity index (χ0v) is 4.93. The molecule has 4 heavy (non-hydrogen) atoms. The molecule has 0 heterocycles. The molecule has 1 nitrogen and oxygen atoms in total. The first kappa shape index (κ1) is 41.4. The molecule has 0 saturated carbocycles. The minimum Gasteiger partial charge on any atom is -2.00 e. The maximum atomic E-state index is 0. The van der Waals surface area contributed by atoms with E-state index >= 15 is 0 Å². The fourth-order valence-electron chi connectivity index (χ4n) is 0. The van der Waals surface area contributed by atoms with Crippen LogP contribution in [0.1, 0.15) is 0 Å². The molecule has 0 aromatic rings. The van der Waals surface area contributed by atoms with Crippen molar-refractivity contribution in [3.63, 3.8) is 0 Å². The van der Waals surface area contributed by atoms with Crippen molar-refractivity contribution in [3.05, 3.63) is 0 Å². The van der Waals surface area contributed by atoms with Crippen LogP contribution < -0.4 is 18.9 Å². The Bertz CT molecular complexity index is 8.00. The molecular formula is FeLiOTi+5. The Balaban J connectivity index is 0. The molecule has 0 amide bonds. The van der Waals surface area contributed by atoms with Crippen LogP contribution in [0.4, 0.5) is 0 Å². The summed E-state index contributed by atoms with van der Waals surface area (Å²) in [4.78, 5) is 0. The van der Waals surface area contributed by atoms with Gasteiger partial charge in [-0.3, -0.25) is 0 Å². The van der Waals surface area contributed by atoms with Gasteiger partial charge in [-0.1, -0.05) is 0 Å². The van der Waals surface area contributed by atoms with Gasteiger partial charge in [0.15, 0.2) is 0 Å². The molecule has 0 atom stereocenters. The van der Waals surface area contributed by atoms with E-state index in [1.807, 2.05) is 0 Å². The Morgan fingerprint density at radius 3 is 1.00 bits per heavy atom. The monoisotopic (exact) mass is 127 g/mol. The molecule has 14 valence electrons. The number of hydrogen-bond donors (Lipinski definition) is 0. The van der Waals surface area contributed by atoms with Gasteiger partial charge in [-0.25, -0.2) is 0 Å². The summed E-state index contributed by atoms with van der Waals surface area (Å²) in [5.41, 5.74) is 0. The van der Waals surface area contributed by atoms with Crippen molar-refractivity contribution in [1.29, 1.82) is 0 Å². The maximum absolute atomic E-state index is 0. The van der Waals surface area contributed by atoms with Crippen molar-refractivity contribution in [1.82, 2.24) is 0 Å². The Hall–Kier alpha value is 1.79. The second-order valence-electron chi connectivity index (χ2n) is 0. The van der Waals surface area contributed by atoms with Crippen LogP contribution in [0.2, 0.25) is 0 Å². The third-order valence-corrected chi connectivity index (χ3v) is 0. The molecule has 0 unspecified atom stereocenters. The van der Waals surface area contributed by atoms with E-state index in [0.717, 1.165) is 0 Å². The average Bonchev–Trinajstić information content (AvgIpc) is 0. The molecule has 0 aliphatic rings. The van der Waals surface area contributed by atoms with Crippen molar-refractivity contribution in [3.8, 4) is 0 Å². The first-order chi connectivity index (χ1) is 0. The van der Waals surface area contributed by atoms with Crippen LogP contribution in [0.3, 0.4) is 0 Å². The zero-order valence-electron chi connectivity index (χ0n) is 2.26. The van der Waals surface area contributed by atoms with E-state index in [-0.39, 0.29) is 63.1 Å². The third kappa shape index (κ3) is 9.21. The van der Waals surface area contributed by atoms with Crippen molar-refractivity contribution in [2.45, 2.75) is 0 Å². The Morgan fingerprint density at radius 1 is 1.00 bits per heavy atom. The van der Waals surface area contributed by atoms with Gasteiger partial charge < -0.3 is 5.48 Å². The SMILES string of the molecule is [Fe+2].[Li+].[O-2].[Ti+4]. The average molecular weight is 127 g/mol. The standard InChI is InChI=1S/Fe.Li.O.Ti/q+2;+1;-2;+4. The van der Waals surface area contributed by atoms with E-state index in [4.69, 9.17) is 0 Å². The summed E-state index contributed by atoms with van der Waals surface area (Å²) in [5.74, 6) is 0. The summed E-state index contributed by atoms with van der Waals surface area (Å²) < 4.78 is 0. The van der Waals surface area contributed by atoms with Crippen molar-refractivity contribution in [2.75, 3.05) is 0 Å². The Labute approximate surface area is 62.7 Å². The largest absolute Gasteiger partial charge is 4.00 e. The van der Waals surface area contributed by atoms with E-state index in [1.54, 1.807) is 0 Å². The van der Waals surface area contributed by atoms with Crippen LogP contribution in [0.15, 0.2) is 0 Å². The Kier molecular flexibility index (Phi) is 222. The summed E-state index contributed by atoms with van der Waals surface area (Å²) in [6.45, 7) is 0. The molecule has 4 heteroatoms. The van der Waals surface area contributed by atoms with E-state index in [0.29, 0.717) is 0 Å². The predicted molar refractivity (Wildman–Crippen MR) is 0.686 cm³/mol. The second kappa shape index (κ2) is 21.5. The molecule has 0 fully saturated rings. The van der Waals surface area contributed by atoms with E-state index in [2.05, 4.69) is 0 Å². The normalized spacial score (nSPS) is 0. The Morgan fingerprint density at radius 2 is 1.00 bits per heavy atom. The van der Waals surface area contributed by atoms with Crippen LogP contribution in [0, 0.1) is 0 Å². The van der Waals surface area contributed by atoms with Gasteiger partial charge >= 0.3 is 57.6 Å². The molecular weight excluding hydrogens is 127 g/mol. The smallest absolute Gasteiger partial charge is 2.00 e. The molecule has 0 N–H and O–H groups in total. The first-order valence-electron chi connectivity index (χ1n) is 0. The van der Waals surface area contributed by atoms with Gasteiger partial charge in [0.1, 0.15) is 0 Å². The molecule has 0 aromatic carbocycles. The van der Waals surface area contributed by atoms with E-state index in [9.17, 15) is 0 Å². The van der Waals surface area contributed by atoms with Gasteiger partial charge in [0, 0.05) is 0 Å². The van der Waals surface area contributed by atoms with Gasteiger partial charge in [-0.05, 0) is 0 Å². The van der Waals surface area contributed by atoms with Crippen LogP contribution in [0.25, 0.3) is 0 Å². The summed E-state index contributed by atoms with van der Waals surface area (Å²) >= 11 is 0. The number of rotatable bonds is 0. The molecule has 0 spiro atoms. The quantitative estimate of drug-likeness (QED) is 0.308. The van der Waals surface area contributed by atoms with Crippen molar-refractivity contribution >= 4 is 0 Å². The van der Waals surface area contributed by atoms with Crippen molar-refractivity contribution in [2.24, 2.45) is 0 Å². The third-order valence-electron chi connectivity index (χ3n) is 0. The minimum atomic E-state index is 0. The summed E-state index contributed by atoms with van der Waals surface area (Å²) in [6.07, 6.45) is 0. The van der Waals surface area contributed by atoms with Gasteiger partial charge in [0.05, 0.1) is 0 Å². The molecule has 0 aliphatic heterocycles. The summed E-state index contributed by atoms with van der Waals surface area (Å²) in [7, 11) is 0. The van der Waals surface area contributed by atoms with Gasteiger partial charge in [-0.15, -0.1) is 0 Å². The van der Waals surface area contributed by atoms with Crippen LogP contribution in [-0.4, -0.2) is 0 Å². The fraction of sp³-hybridized carbons (Fsp3) is 0. The second-order valence-corrected chi connectivity index (χ2v) is 0. The van der Waals surface area contributed by atoms with Crippen LogP contribution >= 0.6 is 0 Å². The minimum absolute atomic E-state index is 0. The fourth-order valence-corrected chi connectivity index (χ4v) is 0. The molecule has 0 radical (unpaired) electrons. The molecule has 0 rings (SSSR count). The van der Waals surface area contributed by atoms with Gasteiger partial charge in [0.25, 0.3) is 0 Å². The topological polar surface area (TPSA) is 28.5 Å². The van der Waals surface area contributed by atoms with Crippen LogP contribution in [-0.2, 0) is 44.3 Å². The molecule has 0 saturated heterocycles.